The van der Waals surface area contributed by atoms with E-state index in [0.717, 1.165) is 6.07 Å². The molecule has 0 bridgehead atoms. The number of rotatable bonds is 16. The predicted molar refractivity (Wildman–Crippen MR) is 141 cm³/mol. The van der Waals surface area contributed by atoms with Gasteiger partial charge in [-0.15, -0.1) is 11.6 Å². The number of phenolic OH excluding ortho intramolecular Hbond substituents is 2. The van der Waals surface area contributed by atoms with Crippen molar-refractivity contribution in [2.24, 2.45) is 0 Å². The lowest BCUT2D eigenvalue weighted by atomic mass is 9.82. The summed E-state index contributed by atoms with van der Waals surface area (Å²) < 4.78 is 16.3. The molecule has 0 spiro atoms. The Morgan fingerprint density at radius 2 is 1.33 bits per heavy atom. The molecule has 0 heterocycles. The van der Waals surface area contributed by atoms with Gasteiger partial charge in [-0.3, -0.25) is 19.2 Å². The number of phenols is 2. The highest BCUT2D eigenvalue weighted by atomic mass is 35.5. The second-order valence-electron chi connectivity index (χ2n) is 8.56. The van der Waals surface area contributed by atoms with Crippen molar-refractivity contribution in [3.05, 3.63) is 58.1 Å². The Bertz CT molecular complexity index is 1200. The molecule has 39 heavy (non-hydrogen) atoms. The average molecular weight is 563 g/mol. The number of hydrogen-bond donors (Lipinski definition) is 4. The SMILES string of the molecule is O=C(CCl)NCCCOCCOCCOCCCNC(=O)c1cc(O)c2c(c1)C(=O)c1cccc(O)c1C2=O. The molecule has 0 aromatic heterocycles. The van der Waals surface area contributed by atoms with E-state index in [2.05, 4.69) is 10.6 Å². The zero-order valence-electron chi connectivity index (χ0n) is 21.3. The van der Waals surface area contributed by atoms with Gasteiger partial charge in [0.15, 0.2) is 5.78 Å². The number of fused-ring (bicyclic) bond motifs is 2. The van der Waals surface area contributed by atoms with E-state index in [9.17, 15) is 29.4 Å². The Balaban J connectivity index is 1.30. The monoisotopic (exact) mass is 562 g/mol. The minimum absolute atomic E-state index is 0.0169. The van der Waals surface area contributed by atoms with Gasteiger partial charge in [0, 0.05) is 43.0 Å². The number of halogens is 1. The quantitative estimate of drug-likeness (QED) is 0.151. The van der Waals surface area contributed by atoms with Crippen molar-refractivity contribution in [3.8, 4) is 11.5 Å². The van der Waals surface area contributed by atoms with Crippen molar-refractivity contribution >= 4 is 35.0 Å². The number of carbonyl (C=O) groups excluding carboxylic acids is 4. The molecule has 0 saturated heterocycles. The third-order valence-corrected chi connectivity index (χ3v) is 6.01. The third-order valence-electron chi connectivity index (χ3n) is 5.77. The minimum atomic E-state index is -0.680. The summed E-state index contributed by atoms with van der Waals surface area (Å²) in [5.74, 6) is -2.86. The Hall–Kier alpha value is -3.51. The van der Waals surface area contributed by atoms with Gasteiger partial charge in [0.25, 0.3) is 5.91 Å². The molecule has 0 atom stereocenters. The zero-order chi connectivity index (χ0) is 28.2. The van der Waals surface area contributed by atoms with Crippen LogP contribution in [0.3, 0.4) is 0 Å². The lowest BCUT2D eigenvalue weighted by Crippen LogP contribution is -2.27. The van der Waals surface area contributed by atoms with Crippen molar-refractivity contribution in [1.82, 2.24) is 10.6 Å². The summed E-state index contributed by atoms with van der Waals surface area (Å²) in [5.41, 5.74) is -0.437. The van der Waals surface area contributed by atoms with Gasteiger partial charge >= 0.3 is 0 Å². The molecule has 4 N–H and O–H groups in total. The van der Waals surface area contributed by atoms with Gasteiger partial charge in [-0.25, -0.2) is 0 Å². The normalized spacial score (nSPS) is 12.1. The molecule has 0 fully saturated rings. The fourth-order valence-corrected chi connectivity index (χ4v) is 3.98. The first-order chi connectivity index (χ1) is 18.8. The fraction of sp³-hybridized carbons (Fsp3) is 0.407. The summed E-state index contributed by atoms with van der Waals surface area (Å²) in [7, 11) is 0. The molecule has 0 aliphatic heterocycles. The lowest BCUT2D eigenvalue weighted by Gasteiger charge is -2.20. The number of carbonyl (C=O) groups is 4. The first kappa shape index (κ1) is 30.0. The Morgan fingerprint density at radius 3 is 1.97 bits per heavy atom. The number of amides is 2. The van der Waals surface area contributed by atoms with Crippen LogP contribution in [0.4, 0.5) is 0 Å². The summed E-state index contributed by atoms with van der Waals surface area (Å²) in [5, 5.41) is 25.8. The van der Waals surface area contributed by atoms with E-state index in [1.54, 1.807) is 0 Å². The van der Waals surface area contributed by atoms with Gasteiger partial charge < -0.3 is 35.1 Å². The van der Waals surface area contributed by atoms with Crippen LogP contribution in [-0.4, -0.2) is 92.2 Å². The Kier molecular flexibility index (Phi) is 11.7. The molecule has 210 valence electrons. The predicted octanol–water partition coefficient (Wildman–Crippen LogP) is 1.79. The largest absolute Gasteiger partial charge is 0.507 e. The Morgan fingerprint density at radius 1 is 0.744 bits per heavy atom. The molecule has 0 saturated carbocycles. The molecule has 2 amide bonds. The molecule has 11 nitrogen and oxygen atoms in total. The fourth-order valence-electron chi connectivity index (χ4n) is 3.88. The zero-order valence-corrected chi connectivity index (χ0v) is 22.1. The van der Waals surface area contributed by atoms with Crippen molar-refractivity contribution in [2.75, 3.05) is 58.6 Å². The van der Waals surface area contributed by atoms with Crippen molar-refractivity contribution in [3.63, 3.8) is 0 Å². The molecule has 1 aliphatic rings. The minimum Gasteiger partial charge on any atom is -0.507 e. The molecule has 2 aromatic rings. The summed E-state index contributed by atoms with van der Waals surface area (Å²) in [6.45, 7) is 3.32. The smallest absolute Gasteiger partial charge is 0.251 e. The van der Waals surface area contributed by atoms with Gasteiger partial charge in [-0.05, 0) is 31.0 Å². The molecular weight excluding hydrogens is 532 g/mol. The van der Waals surface area contributed by atoms with Gasteiger partial charge in [-0.1, -0.05) is 12.1 Å². The van der Waals surface area contributed by atoms with Crippen molar-refractivity contribution in [2.45, 2.75) is 12.8 Å². The molecule has 0 unspecified atom stereocenters. The van der Waals surface area contributed by atoms with E-state index < -0.39 is 23.2 Å². The van der Waals surface area contributed by atoms with Crippen LogP contribution in [0.2, 0.25) is 0 Å². The van der Waals surface area contributed by atoms with E-state index in [4.69, 9.17) is 25.8 Å². The summed E-state index contributed by atoms with van der Waals surface area (Å²) in [6, 6.07) is 6.55. The number of benzene rings is 2. The van der Waals surface area contributed by atoms with E-state index in [0.29, 0.717) is 65.6 Å². The first-order valence-electron chi connectivity index (χ1n) is 12.5. The molecule has 12 heteroatoms. The second-order valence-corrected chi connectivity index (χ2v) is 8.83. The molecule has 3 rings (SSSR count). The topological polar surface area (TPSA) is 160 Å². The van der Waals surface area contributed by atoms with Gasteiger partial charge in [0.1, 0.15) is 17.4 Å². The number of aromatic hydroxyl groups is 2. The van der Waals surface area contributed by atoms with Crippen LogP contribution in [0.1, 0.15) is 55.0 Å². The van der Waals surface area contributed by atoms with Crippen LogP contribution in [0.15, 0.2) is 30.3 Å². The van der Waals surface area contributed by atoms with E-state index in [1.165, 1.54) is 24.3 Å². The number of hydrogen-bond acceptors (Lipinski definition) is 9. The summed E-state index contributed by atoms with van der Waals surface area (Å²) >= 11 is 5.38. The van der Waals surface area contributed by atoms with Crippen LogP contribution in [0.25, 0.3) is 0 Å². The highest BCUT2D eigenvalue weighted by Crippen LogP contribution is 2.37. The second kappa shape index (κ2) is 15.2. The van der Waals surface area contributed by atoms with Gasteiger partial charge in [0.2, 0.25) is 11.7 Å². The number of alkyl halides is 1. The maximum atomic E-state index is 12.9. The third kappa shape index (κ3) is 8.24. The number of nitrogens with one attached hydrogen (secondary N) is 2. The van der Waals surface area contributed by atoms with Crippen LogP contribution < -0.4 is 10.6 Å². The van der Waals surface area contributed by atoms with E-state index >= 15 is 0 Å². The highest BCUT2D eigenvalue weighted by Gasteiger charge is 2.34. The van der Waals surface area contributed by atoms with Crippen LogP contribution >= 0.6 is 11.6 Å². The average Bonchev–Trinajstić information content (AvgIpc) is 2.92. The Labute approximate surface area is 230 Å². The van der Waals surface area contributed by atoms with E-state index in [-0.39, 0.29) is 45.4 Å². The summed E-state index contributed by atoms with van der Waals surface area (Å²) in [6.07, 6.45) is 1.21. The van der Waals surface area contributed by atoms with E-state index in [1.807, 2.05) is 0 Å². The maximum absolute atomic E-state index is 12.9. The molecule has 1 aliphatic carbocycles. The van der Waals surface area contributed by atoms with Crippen LogP contribution in [0, 0.1) is 0 Å². The van der Waals surface area contributed by atoms with Gasteiger partial charge in [-0.2, -0.15) is 0 Å². The lowest BCUT2D eigenvalue weighted by molar-refractivity contribution is -0.118. The highest BCUT2D eigenvalue weighted by molar-refractivity contribution is 6.30. The van der Waals surface area contributed by atoms with Crippen molar-refractivity contribution in [1.29, 1.82) is 0 Å². The van der Waals surface area contributed by atoms with Gasteiger partial charge in [0.05, 0.1) is 37.6 Å². The maximum Gasteiger partial charge on any atom is 0.251 e. The van der Waals surface area contributed by atoms with Crippen LogP contribution in [0.5, 0.6) is 11.5 Å². The molecular formula is C27H31ClN2O9. The first-order valence-corrected chi connectivity index (χ1v) is 13.0. The molecule has 2 aromatic carbocycles. The van der Waals surface area contributed by atoms with Crippen molar-refractivity contribution < 1.29 is 43.6 Å². The summed E-state index contributed by atoms with van der Waals surface area (Å²) in [4.78, 5) is 49.3. The standard InChI is InChI=1S/C27H31ClN2O9/c28-16-22(33)29-6-2-8-37-10-12-39-13-11-38-9-3-7-30-27(36)17-14-19-24(21(32)15-17)26(35)23-18(25(19)34)4-1-5-20(23)31/h1,4-5,14-15,31-32H,2-3,6-13,16H2,(H,29,33)(H,30,36). The molecule has 0 radical (unpaired) electrons. The number of ether oxygens (including phenoxy) is 3. The van der Waals surface area contributed by atoms with Crippen LogP contribution in [-0.2, 0) is 19.0 Å². The number of ketones is 2.